The Morgan fingerprint density at radius 3 is 1.08 bits per heavy atom. The second-order valence-electron chi connectivity index (χ2n) is 16.7. The molecule has 0 radical (unpaired) electrons. The molecule has 0 unspecified atom stereocenters. The molecular formula is C56H94O6. The van der Waals surface area contributed by atoms with Crippen molar-refractivity contribution in [2.24, 2.45) is 0 Å². The topological polar surface area (TPSA) is 78.9 Å². The maximum atomic E-state index is 12.8. The van der Waals surface area contributed by atoms with Crippen LogP contribution in [0.5, 0.6) is 0 Å². The van der Waals surface area contributed by atoms with Gasteiger partial charge < -0.3 is 14.2 Å². The summed E-state index contributed by atoms with van der Waals surface area (Å²) in [5.74, 6) is -1.01. The van der Waals surface area contributed by atoms with Gasteiger partial charge in [-0.05, 0) is 89.9 Å². The first-order valence-corrected chi connectivity index (χ1v) is 25.6. The smallest absolute Gasteiger partial charge is 0.306 e. The van der Waals surface area contributed by atoms with E-state index in [9.17, 15) is 14.4 Å². The zero-order valence-corrected chi connectivity index (χ0v) is 40.4. The molecular weight excluding hydrogens is 769 g/mol. The van der Waals surface area contributed by atoms with Crippen LogP contribution in [0.2, 0.25) is 0 Å². The van der Waals surface area contributed by atoms with Gasteiger partial charge in [-0.15, -0.1) is 0 Å². The van der Waals surface area contributed by atoms with E-state index in [1.165, 1.54) is 103 Å². The lowest BCUT2D eigenvalue weighted by atomic mass is 10.0. The van der Waals surface area contributed by atoms with E-state index in [1.54, 1.807) is 0 Å². The molecule has 0 aliphatic carbocycles. The Morgan fingerprint density at radius 1 is 0.339 bits per heavy atom. The largest absolute Gasteiger partial charge is 0.462 e. The molecule has 0 spiro atoms. The summed E-state index contributed by atoms with van der Waals surface area (Å²) >= 11 is 0. The monoisotopic (exact) mass is 863 g/mol. The lowest BCUT2D eigenvalue weighted by molar-refractivity contribution is -0.167. The van der Waals surface area contributed by atoms with Crippen LogP contribution in [-0.4, -0.2) is 37.2 Å². The van der Waals surface area contributed by atoms with Crippen LogP contribution in [0.4, 0.5) is 0 Å². The van der Waals surface area contributed by atoms with Crippen LogP contribution >= 0.6 is 0 Å². The third-order valence-electron chi connectivity index (χ3n) is 10.6. The summed E-state index contributed by atoms with van der Waals surface area (Å²) in [6.07, 6.45) is 64.3. The van der Waals surface area contributed by atoms with Crippen LogP contribution in [0, 0.1) is 0 Å². The summed E-state index contributed by atoms with van der Waals surface area (Å²) in [5.41, 5.74) is 0. The number of ether oxygens (including phenoxy) is 3. The van der Waals surface area contributed by atoms with E-state index in [0.717, 1.165) is 77.0 Å². The predicted octanol–water partition coefficient (Wildman–Crippen LogP) is 16.8. The van der Waals surface area contributed by atoms with Crippen LogP contribution in [0.1, 0.15) is 233 Å². The molecule has 0 saturated heterocycles. The highest BCUT2D eigenvalue weighted by Gasteiger charge is 2.19. The van der Waals surface area contributed by atoms with Gasteiger partial charge in [0.15, 0.2) is 6.10 Å². The molecule has 354 valence electrons. The first-order chi connectivity index (χ1) is 30.5. The molecule has 62 heavy (non-hydrogen) atoms. The van der Waals surface area contributed by atoms with Gasteiger partial charge >= 0.3 is 17.9 Å². The van der Waals surface area contributed by atoms with Crippen molar-refractivity contribution < 1.29 is 28.6 Å². The molecule has 0 aliphatic heterocycles. The molecule has 6 nitrogen and oxygen atoms in total. The molecule has 0 aromatic carbocycles. The second-order valence-corrected chi connectivity index (χ2v) is 16.7. The van der Waals surface area contributed by atoms with Crippen molar-refractivity contribution in [3.63, 3.8) is 0 Å². The van der Waals surface area contributed by atoms with Gasteiger partial charge in [0.1, 0.15) is 13.2 Å². The maximum Gasteiger partial charge on any atom is 0.306 e. The fourth-order valence-corrected chi connectivity index (χ4v) is 6.80. The van der Waals surface area contributed by atoms with Gasteiger partial charge in [-0.1, -0.05) is 209 Å². The zero-order valence-electron chi connectivity index (χ0n) is 40.4. The lowest BCUT2D eigenvalue weighted by Gasteiger charge is -2.18. The molecule has 0 bridgehead atoms. The molecule has 0 heterocycles. The third-order valence-corrected chi connectivity index (χ3v) is 10.6. The summed E-state index contributed by atoms with van der Waals surface area (Å²) in [7, 11) is 0. The highest BCUT2D eigenvalue weighted by Crippen LogP contribution is 2.14. The summed E-state index contributed by atoms with van der Waals surface area (Å²) in [6.45, 7) is 6.43. The number of hydrogen-bond donors (Lipinski definition) is 0. The number of rotatable bonds is 45. The van der Waals surface area contributed by atoms with Crippen molar-refractivity contribution in [1.29, 1.82) is 0 Å². The normalized spacial score (nSPS) is 12.8. The Morgan fingerprint density at radius 2 is 0.645 bits per heavy atom. The number of allylic oxidation sites excluding steroid dienone is 14. The molecule has 1 atom stereocenters. The minimum absolute atomic E-state index is 0.108. The van der Waals surface area contributed by atoms with Crippen LogP contribution < -0.4 is 0 Å². The molecule has 0 rings (SSSR count). The zero-order chi connectivity index (χ0) is 45.1. The van der Waals surface area contributed by atoms with Gasteiger partial charge in [-0.2, -0.15) is 0 Å². The first-order valence-electron chi connectivity index (χ1n) is 25.6. The lowest BCUT2D eigenvalue weighted by Crippen LogP contribution is -2.30. The molecule has 0 N–H and O–H groups in total. The van der Waals surface area contributed by atoms with Crippen molar-refractivity contribution >= 4 is 17.9 Å². The number of carbonyl (C=O) groups is 3. The molecule has 0 amide bonds. The Kier molecular flexibility index (Phi) is 47.5. The van der Waals surface area contributed by atoms with Gasteiger partial charge in [-0.25, -0.2) is 0 Å². The van der Waals surface area contributed by atoms with Gasteiger partial charge in [0, 0.05) is 19.3 Å². The minimum Gasteiger partial charge on any atom is -0.462 e. The first kappa shape index (κ1) is 58.6. The summed E-state index contributed by atoms with van der Waals surface area (Å²) < 4.78 is 16.7. The van der Waals surface area contributed by atoms with E-state index in [0.29, 0.717) is 19.3 Å². The SMILES string of the molecule is CC/C=C\C/C=C\C/C=C\C/C=C\CCCCC(=O)O[C@H](COC(=O)CCC/C=C\C/C=C\C/C=C\CCCCCCCC)COC(=O)CCCCCCCCCCCCCC. The maximum absolute atomic E-state index is 12.8. The Balaban J connectivity index is 4.52. The van der Waals surface area contributed by atoms with Crippen molar-refractivity contribution in [2.45, 2.75) is 239 Å². The minimum atomic E-state index is -0.816. The second kappa shape index (κ2) is 50.2. The molecule has 0 aromatic heterocycles. The van der Waals surface area contributed by atoms with E-state index < -0.39 is 6.10 Å². The predicted molar refractivity (Wildman–Crippen MR) is 265 cm³/mol. The average Bonchev–Trinajstić information content (AvgIpc) is 3.27. The number of carbonyl (C=O) groups excluding carboxylic acids is 3. The molecule has 0 aromatic rings. The summed E-state index contributed by atoms with van der Waals surface area (Å²) in [6, 6.07) is 0. The van der Waals surface area contributed by atoms with Crippen LogP contribution in [0.15, 0.2) is 85.1 Å². The van der Waals surface area contributed by atoms with Crippen LogP contribution in [-0.2, 0) is 28.6 Å². The van der Waals surface area contributed by atoms with Gasteiger partial charge in [0.2, 0.25) is 0 Å². The van der Waals surface area contributed by atoms with E-state index >= 15 is 0 Å². The van der Waals surface area contributed by atoms with Crippen LogP contribution in [0.25, 0.3) is 0 Å². The van der Waals surface area contributed by atoms with Crippen LogP contribution in [0.3, 0.4) is 0 Å². The standard InChI is InChI=1S/C56H94O6/c1-4-7-10-13-16-19-22-25-27-28-30-31-34-37-40-43-46-49-55(58)61-52-53(51-60-54(57)48-45-42-39-36-33-24-21-18-15-12-9-6-3)62-56(59)50-47-44-41-38-35-32-29-26-23-20-17-14-11-8-5-2/h8,11,17,20,25-27,29-31,35,37-38,40,53H,4-7,9-10,12-16,18-19,21-24,28,32-34,36,39,41-52H2,1-3H3/b11-8-,20-17-,27-25-,29-26-,31-30-,38-35-,40-37-/t53-/m0/s1. The van der Waals surface area contributed by atoms with Crippen molar-refractivity contribution in [3.8, 4) is 0 Å². The summed E-state index contributed by atoms with van der Waals surface area (Å²) in [5, 5.41) is 0. The Bertz CT molecular complexity index is 1220. The van der Waals surface area contributed by atoms with Crippen molar-refractivity contribution in [1.82, 2.24) is 0 Å². The highest BCUT2D eigenvalue weighted by molar-refractivity contribution is 5.71. The third kappa shape index (κ3) is 47.6. The number of hydrogen-bond acceptors (Lipinski definition) is 6. The van der Waals surface area contributed by atoms with Crippen molar-refractivity contribution in [2.75, 3.05) is 13.2 Å². The van der Waals surface area contributed by atoms with Gasteiger partial charge in [-0.3, -0.25) is 14.4 Å². The quantitative estimate of drug-likeness (QED) is 0.0263. The van der Waals surface area contributed by atoms with Gasteiger partial charge in [0.05, 0.1) is 0 Å². The number of esters is 3. The fourth-order valence-electron chi connectivity index (χ4n) is 6.80. The molecule has 6 heteroatoms. The number of unbranched alkanes of at least 4 members (excludes halogenated alkanes) is 20. The average molecular weight is 863 g/mol. The fraction of sp³-hybridized carbons (Fsp3) is 0.696. The molecule has 0 saturated carbocycles. The highest BCUT2D eigenvalue weighted by atomic mass is 16.6. The molecule has 0 aliphatic rings. The van der Waals surface area contributed by atoms with Crippen molar-refractivity contribution in [3.05, 3.63) is 85.1 Å². The van der Waals surface area contributed by atoms with E-state index in [-0.39, 0.29) is 44.0 Å². The van der Waals surface area contributed by atoms with E-state index in [1.807, 2.05) is 0 Å². The van der Waals surface area contributed by atoms with E-state index in [4.69, 9.17) is 14.2 Å². The Hall–Kier alpha value is -3.41. The Labute approximate surface area is 382 Å². The van der Waals surface area contributed by atoms with E-state index in [2.05, 4.69) is 106 Å². The summed E-state index contributed by atoms with van der Waals surface area (Å²) in [4.78, 5) is 37.9. The molecule has 0 fully saturated rings. The van der Waals surface area contributed by atoms with Gasteiger partial charge in [0.25, 0.3) is 0 Å².